The van der Waals surface area contributed by atoms with E-state index in [0.717, 1.165) is 26.1 Å². The van der Waals surface area contributed by atoms with Crippen molar-refractivity contribution in [2.45, 2.75) is 38.6 Å². The molecular weight excluding hydrogens is 260 g/mol. The summed E-state index contributed by atoms with van der Waals surface area (Å²) in [6, 6.07) is 11.2. The number of hydrogen-bond acceptors (Lipinski definition) is 2. The highest BCUT2D eigenvalue weighted by molar-refractivity contribution is 5.73. The van der Waals surface area contributed by atoms with Crippen LogP contribution in [0.2, 0.25) is 0 Å². The topological polar surface area (TPSA) is 23.6 Å². The molecule has 3 aliphatic rings. The van der Waals surface area contributed by atoms with Crippen molar-refractivity contribution in [1.29, 1.82) is 0 Å². The molecule has 114 valence electrons. The SMILES string of the molecule is CC(=O)N1C[C@H]2CC[C@@H]1CN(CCCc1ccccc1)C2. The summed E-state index contributed by atoms with van der Waals surface area (Å²) >= 11 is 0. The summed E-state index contributed by atoms with van der Waals surface area (Å²) in [5.41, 5.74) is 1.43. The molecule has 0 aliphatic carbocycles. The van der Waals surface area contributed by atoms with Gasteiger partial charge in [0.05, 0.1) is 0 Å². The molecule has 3 nitrogen and oxygen atoms in total. The fourth-order valence-electron chi connectivity index (χ4n) is 3.90. The first kappa shape index (κ1) is 14.6. The van der Waals surface area contributed by atoms with E-state index in [1.54, 1.807) is 6.92 Å². The molecule has 3 saturated heterocycles. The van der Waals surface area contributed by atoms with E-state index in [9.17, 15) is 4.79 Å². The number of amides is 1. The van der Waals surface area contributed by atoms with Crippen LogP contribution in [0, 0.1) is 5.92 Å². The Morgan fingerprint density at radius 2 is 1.95 bits per heavy atom. The van der Waals surface area contributed by atoms with Crippen molar-refractivity contribution in [3.05, 3.63) is 35.9 Å². The van der Waals surface area contributed by atoms with Crippen molar-refractivity contribution in [2.24, 2.45) is 5.92 Å². The summed E-state index contributed by atoms with van der Waals surface area (Å²) in [6.07, 6.45) is 4.86. The third kappa shape index (κ3) is 3.65. The average molecular weight is 286 g/mol. The second-order valence-electron chi connectivity index (χ2n) is 6.62. The molecule has 0 unspecified atom stereocenters. The Morgan fingerprint density at radius 1 is 1.14 bits per heavy atom. The first-order chi connectivity index (χ1) is 10.2. The van der Waals surface area contributed by atoms with Gasteiger partial charge in [0, 0.05) is 32.6 Å². The van der Waals surface area contributed by atoms with E-state index >= 15 is 0 Å². The maximum Gasteiger partial charge on any atom is 0.219 e. The largest absolute Gasteiger partial charge is 0.338 e. The molecule has 1 aromatic rings. The number of piperidine rings is 1. The number of benzene rings is 1. The van der Waals surface area contributed by atoms with Gasteiger partial charge in [-0.05, 0) is 43.7 Å². The zero-order valence-electron chi connectivity index (χ0n) is 13.0. The van der Waals surface area contributed by atoms with Crippen LogP contribution < -0.4 is 0 Å². The van der Waals surface area contributed by atoms with Crippen LogP contribution in [0.25, 0.3) is 0 Å². The maximum absolute atomic E-state index is 11.8. The molecule has 3 fully saturated rings. The van der Waals surface area contributed by atoms with Crippen LogP contribution in [0.5, 0.6) is 0 Å². The molecule has 0 spiro atoms. The van der Waals surface area contributed by atoms with Crippen LogP contribution in [0.1, 0.15) is 31.7 Å². The molecule has 2 bridgehead atoms. The quantitative estimate of drug-likeness (QED) is 0.849. The van der Waals surface area contributed by atoms with Crippen LogP contribution in [-0.2, 0) is 11.2 Å². The van der Waals surface area contributed by atoms with Gasteiger partial charge in [-0.3, -0.25) is 4.79 Å². The van der Waals surface area contributed by atoms with Crippen molar-refractivity contribution in [2.75, 3.05) is 26.2 Å². The predicted molar refractivity (Wildman–Crippen MR) is 85.1 cm³/mol. The monoisotopic (exact) mass is 286 g/mol. The first-order valence-corrected chi connectivity index (χ1v) is 8.26. The Kier molecular flexibility index (Phi) is 4.59. The van der Waals surface area contributed by atoms with Crippen molar-refractivity contribution in [3.63, 3.8) is 0 Å². The highest BCUT2D eigenvalue weighted by atomic mass is 16.2. The number of fused-ring (bicyclic) bond motifs is 4. The number of rotatable bonds is 4. The van der Waals surface area contributed by atoms with Gasteiger partial charge >= 0.3 is 0 Å². The molecule has 0 saturated carbocycles. The lowest BCUT2D eigenvalue weighted by molar-refractivity contribution is -0.132. The molecule has 21 heavy (non-hydrogen) atoms. The van der Waals surface area contributed by atoms with E-state index < -0.39 is 0 Å². The summed E-state index contributed by atoms with van der Waals surface area (Å²) in [5.74, 6) is 0.945. The normalized spacial score (nSPS) is 25.9. The summed E-state index contributed by atoms with van der Waals surface area (Å²) in [6.45, 7) is 6.11. The number of nitrogens with zero attached hydrogens (tertiary/aromatic N) is 2. The van der Waals surface area contributed by atoms with Gasteiger partial charge in [0.15, 0.2) is 0 Å². The average Bonchev–Trinajstić information content (AvgIpc) is 2.79. The lowest BCUT2D eigenvalue weighted by Crippen LogP contribution is -2.46. The van der Waals surface area contributed by atoms with Gasteiger partial charge in [-0.25, -0.2) is 0 Å². The smallest absolute Gasteiger partial charge is 0.219 e. The lowest BCUT2D eigenvalue weighted by Gasteiger charge is -2.35. The number of carbonyl (C=O) groups is 1. The van der Waals surface area contributed by atoms with E-state index in [1.807, 2.05) is 0 Å². The van der Waals surface area contributed by atoms with E-state index in [4.69, 9.17) is 0 Å². The molecule has 1 amide bonds. The van der Waals surface area contributed by atoms with Gasteiger partial charge in [-0.15, -0.1) is 0 Å². The zero-order chi connectivity index (χ0) is 14.7. The van der Waals surface area contributed by atoms with Gasteiger partial charge in [0.25, 0.3) is 0 Å². The summed E-state index contributed by atoms with van der Waals surface area (Å²) < 4.78 is 0. The van der Waals surface area contributed by atoms with Crippen LogP contribution in [0.15, 0.2) is 30.3 Å². The Balaban J connectivity index is 1.52. The maximum atomic E-state index is 11.8. The Morgan fingerprint density at radius 3 is 2.71 bits per heavy atom. The number of hydrogen-bond donors (Lipinski definition) is 0. The van der Waals surface area contributed by atoms with Gasteiger partial charge in [-0.1, -0.05) is 30.3 Å². The van der Waals surface area contributed by atoms with Gasteiger partial charge in [0.2, 0.25) is 5.91 Å². The predicted octanol–water partition coefficient (Wildman–Crippen LogP) is 2.56. The Bertz CT molecular complexity index is 473. The second-order valence-corrected chi connectivity index (χ2v) is 6.62. The van der Waals surface area contributed by atoms with Gasteiger partial charge in [0.1, 0.15) is 0 Å². The molecule has 2 atom stereocenters. The number of carbonyl (C=O) groups excluding carboxylic acids is 1. The number of aryl methyl sites for hydroxylation is 1. The van der Waals surface area contributed by atoms with Gasteiger partial charge < -0.3 is 9.80 Å². The van der Waals surface area contributed by atoms with Crippen LogP contribution in [0.3, 0.4) is 0 Å². The third-order valence-electron chi connectivity index (χ3n) is 4.98. The van der Waals surface area contributed by atoms with E-state index in [0.29, 0.717) is 12.0 Å². The highest BCUT2D eigenvalue weighted by Gasteiger charge is 2.35. The van der Waals surface area contributed by atoms with Crippen molar-refractivity contribution >= 4 is 5.91 Å². The Labute approximate surface area is 127 Å². The molecule has 0 radical (unpaired) electrons. The van der Waals surface area contributed by atoms with E-state index in [1.165, 1.54) is 31.4 Å². The minimum absolute atomic E-state index is 0.260. The minimum Gasteiger partial charge on any atom is -0.338 e. The fraction of sp³-hybridized carbons (Fsp3) is 0.611. The molecule has 0 N–H and O–H groups in total. The first-order valence-electron chi connectivity index (χ1n) is 8.26. The fourth-order valence-corrected chi connectivity index (χ4v) is 3.90. The van der Waals surface area contributed by atoms with Crippen molar-refractivity contribution in [3.8, 4) is 0 Å². The zero-order valence-corrected chi connectivity index (χ0v) is 13.0. The van der Waals surface area contributed by atoms with Crippen molar-refractivity contribution in [1.82, 2.24) is 9.80 Å². The minimum atomic E-state index is 0.260. The standard InChI is InChI=1S/C18H26N2O/c1-15(21)20-13-17-9-10-18(20)14-19(12-17)11-5-8-16-6-3-2-4-7-16/h2-4,6-7,17-18H,5,8-14H2,1H3/t17-,18+/m0/s1. The molecule has 1 aromatic carbocycles. The van der Waals surface area contributed by atoms with Crippen molar-refractivity contribution < 1.29 is 4.79 Å². The van der Waals surface area contributed by atoms with Crippen LogP contribution in [-0.4, -0.2) is 47.9 Å². The van der Waals surface area contributed by atoms with E-state index in [2.05, 4.69) is 40.1 Å². The third-order valence-corrected chi connectivity index (χ3v) is 4.98. The van der Waals surface area contributed by atoms with Gasteiger partial charge in [-0.2, -0.15) is 0 Å². The highest BCUT2D eigenvalue weighted by Crippen LogP contribution is 2.28. The molecule has 3 heteroatoms. The lowest BCUT2D eigenvalue weighted by atomic mass is 9.95. The molecule has 4 rings (SSSR count). The summed E-state index contributed by atoms with van der Waals surface area (Å²) in [7, 11) is 0. The van der Waals surface area contributed by atoms with Crippen LogP contribution >= 0.6 is 0 Å². The summed E-state index contributed by atoms with van der Waals surface area (Å²) in [5, 5.41) is 0. The molecule has 0 aromatic heterocycles. The molecule has 3 aliphatic heterocycles. The second kappa shape index (κ2) is 6.61. The summed E-state index contributed by atoms with van der Waals surface area (Å²) in [4.78, 5) is 16.5. The Hall–Kier alpha value is -1.35. The van der Waals surface area contributed by atoms with E-state index in [-0.39, 0.29) is 5.91 Å². The molecule has 3 heterocycles. The molecular formula is C18H26N2O. The van der Waals surface area contributed by atoms with Crippen LogP contribution in [0.4, 0.5) is 0 Å².